The number of aliphatic hydroxyl groups is 2. The van der Waals surface area contributed by atoms with Gasteiger partial charge in [-0.25, -0.2) is 0 Å². The molecular weight excluding hydrogens is 294 g/mol. The predicted molar refractivity (Wildman–Crippen MR) is 89.5 cm³/mol. The Morgan fingerprint density at radius 2 is 2.04 bits per heavy atom. The van der Waals surface area contributed by atoms with Gasteiger partial charge >= 0.3 is 0 Å². The Morgan fingerprint density at radius 1 is 1.30 bits per heavy atom. The average Bonchev–Trinajstić information content (AvgIpc) is 2.81. The molecule has 0 aromatic carbocycles. The maximum atomic E-state index is 11.7. The normalized spacial score (nSPS) is 17.9. The third-order valence-corrected chi connectivity index (χ3v) is 3.17. The number of amides is 1. The number of rotatable bonds is 7. The fourth-order valence-corrected chi connectivity index (χ4v) is 1.94. The molecule has 1 aliphatic rings. The van der Waals surface area contributed by atoms with E-state index in [-0.39, 0.29) is 36.5 Å². The molecule has 0 aromatic heterocycles. The van der Waals surface area contributed by atoms with E-state index in [2.05, 4.69) is 5.32 Å². The number of carbonyl (C=O) groups excluding carboxylic acids is 2. The predicted octanol–water partition coefficient (Wildman–Crippen LogP) is 2.62. The first kappa shape index (κ1) is 18.6. The largest absolute Gasteiger partial charge is 0.510 e. The van der Waals surface area contributed by atoms with E-state index in [4.69, 9.17) is 0 Å². The van der Waals surface area contributed by atoms with Crippen molar-refractivity contribution >= 4 is 11.7 Å². The van der Waals surface area contributed by atoms with Crippen LogP contribution in [0.15, 0.2) is 59.6 Å². The quantitative estimate of drug-likeness (QED) is 0.630. The number of aliphatic hydroxyl groups excluding tert-OH is 2. The summed E-state index contributed by atoms with van der Waals surface area (Å²) in [5.41, 5.74) is 1.01. The molecule has 0 spiro atoms. The lowest BCUT2D eigenvalue weighted by Gasteiger charge is -2.07. The Bertz CT molecular complexity index is 594. The summed E-state index contributed by atoms with van der Waals surface area (Å²) in [7, 11) is 0. The third kappa shape index (κ3) is 6.93. The van der Waals surface area contributed by atoms with E-state index >= 15 is 0 Å². The summed E-state index contributed by atoms with van der Waals surface area (Å²) in [5, 5.41) is 21.6. The lowest BCUT2D eigenvalue weighted by Crippen LogP contribution is -2.29. The van der Waals surface area contributed by atoms with Crippen LogP contribution in [0, 0.1) is 0 Å². The number of nitrogens with one attached hydrogen (secondary N) is 1. The van der Waals surface area contributed by atoms with Crippen LogP contribution in [0.25, 0.3) is 0 Å². The fourth-order valence-electron chi connectivity index (χ4n) is 1.94. The molecule has 0 radical (unpaired) electrons. The van der Waals surface area contributed by atoms with Gasteiger partial charge in [0.25, 0.3) is 0 Å². The van der Waals surface area contributed by atoms with Gasteiger partial charge in [0.05, 0.1) is 12.5 Å². The average molecular weight is 317 g/mol. The zero-order valence-corrected chi connectivity index (χ0v) is 13.5. The van der Waals surface area contributed by atoms with Crippen LogP contribution >= 0.6 is 0 Å². The number of allylic oxidation sites excluding steroid dienone is 9. The van der Waals surface area contributed by atoms with Gasteiger partial charge in [-0.2, -0.15) is 0 Å². The van der Waals surface area contributed by atoms with Crippen LogP contribution in [-0.4, -0.2) is 28.0 Å². The minimum atomic E-state index is -0.960. The van der Waals surface area contributed by atoms with E-state index < -0.39 is 12.0 Å². The summed E-state index contributed by atoms with van der Waals surface area (Å²) in [5.74, 6) is -0.890. The highest BCUT2D eigenvalue weighted by atomic mass is 16.3. The molecule has 0 bridgehead atoms. The van der Waals surface area contributed by atoms with Crippen molar-refractivity contribution in [2.24, 2.45) is 0 Å². The minimum absolute atomic E-state index is 0.0455. The number of hydrogen-bond donors (Lipinski definition) is 3. The number of carbonyl (C=O) groups is 2. The molecule has 1 rings (SSSR count). The molecule has 0 fully saturated rings. The molecule has 0 saturated heterocycles. The van der Waals surface area contributed by atoms with E-state index in [0.717, 1.165) is 5.57 Å². The number of Topliss-reactive ketones (excluding diaryl/α,β-unsaturated/α-hetero) is 1. The van der Waals surface area contributed by atoms with Crippen LogP contribution in [-0.2, 0) is 9.59 Å². The van der Waals surface area contributed by atoms with Gasteiger partial charge in [-0.3, -0.25) is 9.59 Å². The Kier molecular flexibility index (Phi) is 7.77. The van der Waals surface area contributed by atoms with Gasteiger partial charge in [0, 0.05) is 12.8 Å². The van der Waals surface area contributed by atoms with Crippen molar-refractivity contribution < 1.29 is 19.8 Å². The molecule has 3 N–H and O–H groups in total. The molecule has 5 heteroatoms. The van der Waals surface area contributed by atoms with Gasteiger partial charge in [0.1, 0.15) is 11.5 Å². The molecule has 0 aliphatic heterocycles. The van der Waals surface area contributed by atoms with Crippen molar-refractivity contribution in [3.8, 4) is 0 Å². The summed E-state index contributed by atoms with van der Waals surface area (Å²) in [6.07, 6.45) is 11.9. The van der Waals surface area contributed by atoms with E-state index in [1.54, 1.807) is 12.2 Å². The number of hydrogen-bond acceptors (Lipinski definition) is 4. The van der Waals surface area contributed by atoms with E-state index in [0.29, 0.717) is 0 Å². The topological polar surface area (TPSA) is 86.6 Å². The molecule has 1 atom stereocenters. The Balaban J connectivity index is 2.44. The summed E-state index contributed by atoms with van der Waals surface area (Å²) in [6.45, 7) is 3.89. The van der Waals surface area contributed by atoms with Gasteiger partial charge in [-0.05, 0) is 13.8 Å². The first-order valence-corrected chi connectivity index (χ1v) is 7.51. The smallest absolute Gasteiger partial charge is 0.227 e. The van der Waals surface area contributed by atoms with Crippen LogP contribution in [0.5, 0.6) is 0 Å². The SMILES string of the molecule is C/C=C/C=C(C)/C=C/C=C/[C@H](O)CC(=O)NC1=C(O)CCC1=O. The summed E-state index contributed by atoms with van der Waals surface area (Å²) < 4.78 is 0. The second-order valence-corrected chi connectivity index (χ2v) is 5.25. The van der Waals surface area contributed by atoms with Crippen molar-refractivity contribution in [3.63, 3.8) is 0 Å². The molecule has 1 aliphatic carbocycles. The maximum absolute atomic E-state index is 11.7. The monoisotopic (exact) mass is 317 g/mol. The highest BCUT2D eigenvalue weighted by Crippen LogP contribution is 2.18. The highest BCUT2D eigenvalue weighted by Gasteiger charge is 2.24. The van der Waals surface area contributed by atoms with E-state index in [1.807, 2.05) is 38.2 Å². The van der Waals surface area contributed by atoms with E-state index in [9.17, 15) is 19.8 Å². The van der Waals surface area contributed by atoms with Gasteiger partial charge in [-0.1, -0.05) is 48.1 Å². The van der Waals surface area contributed by atoms with Gasteiger partial charge in [-0.15, -0.1) is 0 Å². The zero-order chi connectivity index (χ0) is 17.2. The highest BCUT2D eigenvalue weighted by molar-refractivity contribution is 6.01. The lowest BCUT2D eigenvalue weighted by molar-refractivity contribution is -0.124. The van der Waals surface area contributed by atoms with Crippen molar-refractivity contribution in [1.82, 2.24) is 5.32 Å². The van der Waals surface area contributed by atoms with Gasteiger partial charge in [0.2, 0.25) is 5.91 Å². The molecule has 0 unspecified atom stereocenters. The fraction of sp³-hybridized carbons (Fsp3) is 0.333. The first-order valence-electron chi connectivity index (χ1n) is 7.51. The van der Waals surface area contributed by atoms with Crippen molar-refractivity contribution in [2.75, 3.05) is 0 Å². The van der Waals surface area contributed by atoms with Crippen molar-refractivity contribution in [1.29, 1.82) is 0 Å². The summed E-state index contributed by atoms with van der Waals surface area (Å²) >= 11 is 0. The summed E-state index contributed by atoms with van der Waals surface area (Å²) in [4.78, 5) is 23.1. The molecule has 0 heterocycles. The molecule has 124 valence electrons. The third-order valence-electron chi connectivity index (χ3n) is 3.17. The van der Waals surface area contributed by atoms with Crippen molar-refractivity contribution in [2.45, 2.75) is 39.2 Å². The number of ketones is 1. The van der Waals surface area contributed by atoms with Crippen LogP contribution in [0.2, 0.25) is 0 Å². The Labute approximate surface area is 136 Å². The molecule has 0 saturated carbocycles. The Hall–Kier alpha value is -2.40. The minimum Gasteiger partial charge on any atom is -0.510 e. The van der Waals surface area contributed by atoms with Crippen LogP contribution in [0.3, 0.4) is 0 Å². The maximum Gasteiger partial charge on any atom is 0.227 e. The van der Waals surface area contributed by atoms with Crippen LogP contribution in [0.1, 0.15) is 33.1 Å². The van der Waals surface area contributed by atoms with Gasteiger partial charge in [0.15, 0.2) is 5.78 Å². The molecule has 0 aromatic rings. The van der Waals surface area contributed by atoms with Crippen molar-refractivity contribution in [3.05, 3.63) is 59.6 Å². The standard InChI is InChI=1S/C18H23NO4/c1-3-4-7-13(2)8-5-6-9-14(20)12-17(23)19-18-15(21)10-11-16(18)22/h3-9,14,20-21H,10-12H2,1-2H3,(H,19,23)/b4-3+,8-5+,9-6+,13-7+/t14-/m0/s1. The summed E-state index contributed by atoms with van der Waals surface area (Å²) in [6, 6.07) is 0. The van der Waals surface area contributed by atoms with Crippen LogP contribution < -0.4 is 5.32 Å². The van der Waals surface area contributed by atoms with E-state index in [1.165, 1.54) is 6.08 Å². The molecular formula is C18H23NO4. The molecule has 1 amide bonds. The lowest BCUT2D eigenvalue weighted by atomic mass is 10.2. The first-order chi connectivity index (χ1) is 10.9. The Morgan fingerprint density at radius 3 is 2.65 bits per heavy atom. The second kappa shape index (κ2) is 9.58. The van der Waals surface area contributed by atoms with Crippen LogP contribution in [0.4, 0.5) is 0 Å². The molecule has 23 heavy (non-hydrogen) atoms. The zero-order valence-electron chi connectivity index (χ0n) is 13.5. The van der Waals surface area contributed by atoms with Gasteiger partial charge < -0.3 is 15.5 Å². The second-order valence-electron chi connectivity index (χ2n) is 5.25. The molecule has 5 nitrogen and oxygen atoms in total.